The Morgan fingerprint density at radius 1 is 1.07 bits per heavy atom. The van der Waals surface area contributed by atoms with Crippen molar-refractivity contribution < 1.29 is 14.3 Å². The molecule has 27 heavy (non-hydrogen) atoms. The molecule has 0 fully saturated rings. The lowest BCUT2D eigenvalue weighted by Crippen LogP contribution is -2.34. The van der Waals surface area contributed by atoms with Gasteiger partial charge in [0, 0.05) is 19.5 Å². The molecule has 1 aliphatic heterocycles. The highest BCUT2D eigenvalue weighted by Crippen LogP contribution is 2.28. The maximum absolute atomic E-state index is 12.8. The third-order valence-electron chi connectivity index (χ3n) is 5.04. The first-order valence-electron chi connectivity index (χ1n) is 9.51. The molecule has 1 heterocycles. The van der Waals surface area contributed by atoms with Crippen molar-refractivity contribution in [2.24, 2.45) is 0 Å². The molecule has 0 unspecified atom stereocenters. The number of ether oxygens (including phenoxy) is 2. The minimum Gasteiger partial charge on any atom is -0.496 e. The lowest BCUT2D eigenvalue weighted by atomic mass is 9.93. The first-order valence-corrected chi connectivity index (χ1v) is 9.51. The van der Waals surface area contributed by atoms with Gasteiger partial charge >= 0.3 is 5.97 Å². The van der Waals surface area contributed by atoms with Crippen LogP contribution in [0.25, 0.3) is 5.57 Å². The van der Waals surface area contributed by atoms with Gasteiger partial charge in [0.2, 0.25) is 0 Å². The Bertz CT molecular complexity index is 798. The number of nitrogens with zero attached hydrogens (tertiary/aromatic N) is 1. The van der Waals surface area contributed by atoms with Crippen molar-refractivity contribution in [3.05, 3.63) is 71.3 Å². The average molecular weight is 365 g/mol. The van der Waals surface area contributed by atoms with Crippen molar-refractivity contribution in [1.29, 1.82) is 0 Å². The van der Waals surface area contributed by atoms with Gasteiger partial charge in [0.25, 0.3) is 0 Å². The SMILES string of the molecule is CCN1CCC(c2ccccc2)=C(C(=O)OCCc2ccccc2OC)C1. The summed E-state index contributed by atoms with van der Waals surface area (Å²) in [6, 6.07) is 18.0. The van der Waals surface area contributed by atoms with Crippen molar-refractivity contribution in [2.45, 2.75) is 19.8 Å². The molecular formula is C23H27NO3. The van der Waals surface area contributed by atoms with E-state index in [0.717, 1.165) is 47.5 Å². The van der Waals surface area contributed by atoms with Gasteiger partial charge in [-0.1, -0.05) is 55.5 Å². The molecule has 4 heteroatoms. The summed E-state index contributed by atoms with van der Waals surface area (Å²) in [6.07, 6.45) is 1.51. The molecule has 2 aromatic rings. The number of hydrogen-bond acceptors (Lipinski definition) is 4. The molecule has 1 aliphatic rings. The highest BCUT2D eigenvalue weighted by Gasteiger charge is 2.25. The number of carbonyl (C=O) groups is 1. The van der Waals surface area contributed by atoms with Crippen molar-refractivity contribution in [3.8, 4) is 5.75 Å². The zero-order chi connectivity index (χ0) is 19.1. The van der Waals surface area contributed by atoms with E-state index in [1.165, 1.54) is 0 Å². The van der Waals surface area contributed by atoms with Crippen LogP contribution in [-0.4, -0.2) is 44.2 Å². The molecule has 142 valence electrons. The number of para-hydroxylation sites is 1. The number of likely N-dealkylation sites (N-methyl/N-ethyl adjacent to an activating group) is 1. The molecule has 2 aromatic carbocycles. The number of carbonyl (C=O) groups excluding carboxylic acids is 1. The largest absolute Gasteiger partial charge is 0.496 e. The topological polar surface area (TPSA) is 38.8 Å². The number of methoxy groups -OCH3 is 1. The second-order valence-electron chi connectivity index (χ2n) is 6.64. The van der Waals surface area contributed by atoms with E-state index in [1.807, 2.05) is 42.5 Å². The Morgan fingerprint density at radius 3 is 2.56 bits per heavy atom. The number of benzene rings is 2. The third-order valence-corrected chi connectivity index (χ3v) is 5.04. The number of hydrogen-bond donors (Lipinski definition) is 0. The third kappa shape index (κ3) is 4.77. The van der Waals surface area contributed by atoms with Crippen LogP contribution in [0.2, 0.25) is 0 Å². The second-order valence-corrected chi connectivity index (χ2v) is 6.64. The predicted molar refractivity (Wildman–Crippen MR) is 108 cm³/mol. The van der Waals surface area contributed by atoms with Crippen LogP contribution in [0.1, 0.15) is 24.5 Å². The van der Waals surface area contributed by atoms with Crippen LogP contribution < -0.4 is 4.74 Å². The number of rotatable bonds is 7. The lowest BCUT2D eigenvalue weighted by Gasteiger charge is -2.29. The molecule has 0 aromatic heterocycles. The molecule has 0 bridgehead atoms. The average Bonchev–Trinajstić information content (AvgIpc) is 2.74. The van der Waals surface area contributed by atoms with E-state index in [-0.39, 0.29) is 5.97 Å². The van der Waals surface area contributed by atoms with Crippen LogP contribution in [0.5, 0.6) is 5.75 Å². The van der Waals surface area contributed by atoms with Crippen LogP contribution >= 0.6 is 0 Å². The quantitative estimate of drug-likeness (QED) is 0.696. The van der Waals surface area contributed by atoms with Crippen molar-refractivity contribution >= 4 is 11.5 Å². The van der Waals surface area contributed by atoms with Gasteiger partial charge in [0.1, 0.15) is 5.75 Å². The van der Waals surface area contributed by atoms with Gasteiger partial charge in [-0.05, 0) is 35.7 Å². The van der Waals surface area contributed by atoms with Crippen LogP contribution in [0.4, 0.5) is 0 Å². The van der Waals surface area contributed by atoms with Crippen LogP contribution in [0, 0.1) is 0 Å². The van der Waals surface area contributed by atoms with E-state index in [1.54, 1.807) is 7.11 Å². The lowest BCUT2D eigenvalue weighted by molar-refractivity contribution is -0.139. The normalized spacial score (nSPS) is 14.9. The Hall–Kier alpha value is -2.59. The first kappa shape index (κ1) is 19.2. The minimum absolute atomic E-state index is 0.207. The fourth-order valence-corrected chi connectivity index (χ4v) is 3.48. The molecular weight excluding hydrogens is 338 g/mol. The van der Waals surface area contributed by atoms with Crippen LogP contribution in [0.3, 0.4) is 0 Å². The molecule has 4 nitrogen and oxygen atoms in total. The van der Waals surface area contributed by atoms with Crippen molar-refractivity contribution in [3.63, 3.8) is 0 Å². The summed E-state index contributed by atoms with van der Waals surface area (Å²) < 4.78 is 11.0. The second kappa shape index (κ2) is 9.38. The molecule has 0 saturated heterocycles. The highest BCUT2D eigenvalue weighted by molar-refractivity contribution is 5.98. The maximum atomic E-state index is 12.8. The monoisotopic (exact) mass is 365 g/mol. The predicted octanol–water partition coefficient (Wildman–Crippen LogP) is 3.96. The van der Waals surface area contributed by atoms with Gasteiger partial charge in [-0.3, -0.25) is 4.90 Å². The molecule has 3 rings (SSSR count). The summed E-state index contributed by atoms with van der Waals surface area (Å²) in [5.41, 5.74) is 4.06. The summed E-state index contributed by atoms with van der Waals surface area (Å²) in [7, 11) is 1.66. The Balaban J connectivity index is 1.72. The summed E-state index contributed by atoms with van der Waals surface area (Å²) in [6.45, 7) is 5.02. The van der Waals surface area contributed by atoms with Crippen LogP contribution in [-0.2, 0) is 16.0 Å². The molecule has 0 N–H and O–H groups in total. The standard InChI is InChI=1S/C23H27NO3/c1-3-24-15-13-20(18-9-5-4-6-10-18)21(17-24)23(25)27-16-14-19-11-7-8-12-22(19)26-2/h4-12H,3,13-17H2,1-2H3. The first-order chi connectivity index (χ1) is 13.2. The number of esters is 1. The molecule has 0 amide bonds. The maximum Gasteiger partial charge on any atom is 0.335 e. The molecule has 0 radical (unpaired) electrons. The van der Waals surface area contributed by atoms with Gasteiger partial charge in [0.05, 0.1) is 19.3 Å². The summed E-state index contributed by atoms with van der Waals surface area (Å²) in [4.78, 5) is 15.1. The molecule has 0 aliphatic carbocycles. The zero-order valence-electron chi connectivity index (χ0n) is 16.1. The highest BCUT2D eigenvalue weighted by atomic mass is 16.5. The van der Waals surface area contributed by atoms with Gasteiger partial charge in [-0.2, -0.15) is 0 Å². The van der Waals surface area contributed by atoms with Crippen molar-refractivity contribution in [2.75, 3.05) is 33.4 Å². The van der Waals surface area contributed by atoms with Gasteiger partial charge < -0.3 is 9.47 Å². The van der Waals surface area contributed by atoms with Gasteiger partial charge in [0.15, 0.2) is 0 Å². The fourth-order valence-electron chi connectivity index (χ4n) is 3.48. The van der Waals surface area contributed by atoms with E-state index in [9.17, 15) is 4.79 Å². The fraction of sp³-hybridized carbons (Fsp3) is 0.348. The van der Waals surface area contributed by atoms with E-state index < -0.39 is 0 Å². The smallest absolute Gasteiger partial charge is 0.335 e. The minimum atomic E-state index is -0.207. The molecule has 0 saturated carbocycles. The van der Waals surface area contributed by atoms with Gasteiger partial charge in [-0.15, -0.1) is 0 Å². The summed E-state index contributed by atoms with van der Waals surface area (Å²) >= 11 is 0. The Kier molecular flexibility index (Phi) is 6.66. The van der Waals surface area contributed by atoms with Gasteiger partial charge in [-0.25, -0.2) is 4.79 Å². The van der Waals surface area contributed by atoms with E-state index in [0.29, 0.717) is 19.6 Å². The Morgan fingerprint density at radius 2 is 1.81 bits per heavy atom. The van der Waals surface area contributed by atoms with Crippen molar-refractivity contribution in [1.82, 2.24) is 4.90 Å². The van der Waals surface area contributed by atoms with Crippen LogP contribution in [0.15, 0.2) is 60.2 Å². The summed E-state index contributed by atoms with van der Waals surface area (Å²) in [5, 5.41) is 0. The zero-order valence-corrected chi connectivity index (χ0v) is 16.1. The van der Waals surface area contributed by atoms with E-state index >= 15 is 0 Å². The molecule has 0 spiro atoms. The Labute approximate surface area is 161 Å². The van der Waals surface area contributed by atoms with E-state index in [4.69, 9.17) is 9.47 Å². The van der Waals surface area contributed by atoms with E-state index in [2.05, 4.69) is 24.0 Å². The summed E-state index contributed by atoms with van der Waals surface area (Å²) in [5.74, 6) is 0.620. The molecule has 0 atom stereocenters.